The van der Waals surface area contributed by atoms with Crippen LogP contribution >= 0.6 is 0 Å². The number of halogens is 2. The summed E-state index contributed by atoms with van der Waals surface area (Å²) in [5, 5.41) is 2.72. The van der Waals surface area contributed by atoms with E-state index in [0.717, 1.165) is 36.1 Å². The number of carbonyl (C=O) groups is 3. The molecule has 1 aliphatic carbocycles. The number of likely N-dealkylation sites (N-methyl/N-ethyl adjacent to an activating group) is 1. The molecule has 2 fully saturated rings. The molecule has 176 valence electrons. The first-order chi connectivity index (χ1) is 15.2. The van der Waals surface area contributed by atoms with Crippen LogP contribution in [0.25, 0.3) is 0 Å². The molecule has 7 nitrogen and oxygen atoms in total. The monoisotopic (exact) mass is 451 g/mol. The van der Waals surface area contributed by atoms with Crippen LogP contribution in [0.15, 0.2) is 24.3 Å². The van der Waals surface area contributed by atoms with Crippen molar-refractivity contribution in [3.8, 4) is 5.75 Å². The molecule has 2 aliphatic rings. The first kappa shape index (κ1) is 23.9. The van der Waals surface area contributed by atoms with Gasteiger partial charge in [0.2, 0.25) is 5.91 Å². The molecule has 1 heterocycles. The minimum absolute atomic E-state index is 0.0586. The number of aryl methyl sites for hydroxylation is 1. The number of nitrogens with zero attached hydrogens (tertiary/aromatic N) is 2. The number of rotatable bonds is 9. The molecule has 0 aromatic heterocycles. The number of alkyl halides is 2. The van der Waals surface area contributed by atoms with Crippen LogP contribution in [-0.4, -0.2) is 58.9 Å². The summed E-state index contributed by atoms with van der Waals surface area (Å²) in [4.78, 5) is 41.2. The Kier molecular flexibility index (Phi) is 7.69. The number of hydrogen-bond donors (Lipinski definition) is 1. The van der Waals surface area contributed by atoms with Gasteiger partial charge in [0.05, 0.1) is 0 Å². The minimum atomic E-state index is -2.89. The number of urea groups is 1. The molecule has 0 spiro atoms. The normalized spacial score (nSPS) is 21.7. The molecule has 1 aromatic carbocycles. The van der Waals surface area contributed by atoms with Gasteiger partial charge in [0.1, 0.15) is 17.8 Å². The second-order valence-corrected chi connectivity index (χ2v) is 8.65. The van der Waals surface area contributed by atoms with E-state index in [-0.39, 0.29) is 24.2 Å². The second kappa shape index (κ2) is 10.3. The highest BCUT2D eigenvalue weighted by Gasteiger charge is 2.48. The van der Waals surface area contributed by atoms with Crippen molar-refractivity contribution in [1.82, 2.24) is 15.1 Å². The number of amides is 4. The highest BCUT2D eigenvalue weighted by molar-refractivity contribution is 6.08. The maximum atomic E-state index is 13.0. The zero-order chi connectivity index (χ0) is 23.3. The van der Waals surface area contributed by atoms with Gasteiger partial charge in [-0.25, -0.2) is 4.79 Å². The lowest BCUT2D eigenvalue weighted by Gasteiger charge is -2.34. The van der Waals surface area contributed by atoms with Gasteiger partial charge in [0, 0.05) is 12.6 Å². The highest BCUT2D eigenvalue weighted by Crippen LogP contribution is 2.26. The number of carbonyl (C=O) groups excluding carboxylic acids is 3. The van der Waals surface area contributed by atoms with Crippen molar-refractivity contribution < 1.29 is 27.9 Å². The number of nitrogens with one attached hydrogen (secondary N) is 1. The molecule has 1 atom stereocenters. The third-order valence-electron chi connectivity index (χ3n) is 6.38. The number of hydrogen-bond acceptors (Lipinski definition) is 4. The van der Waals surface area contributed by atoms with Crippen LogP contribution < -0.4 is 10.1 Å². The fourth-order valence-electron chi connectivity index (χ4n) is 4.55. The quantitative estimate of drug-likeness (QED) is 0.581. The second-order valence-electron chi connectivity index (χ2n) is 8.65. The summed E-state index contributed by atoms with van der Waals surface area (Å²) in [6, 6.07) is 5.78. The summed E-state index contributed by atoms with van der Waals surface area (Å²) in [6.45, 7) is 0.964. The Morgan fingerprint density at radius 3 is 2.47 bits per heavy atom. The predicted molar refractivity (Wildman–Crippen MR) is 114 cm³/mol. The number of ether oxygens (including phenoxy) is 1. The maximum Gasteiger partial charge on any atom is 0.387 e. The fraction of sp³-hybridized carbons (Fsp3) is 0.609. The molecule has 1 aromatic rings. The van der Waals surface area contributed by atoms with E-state index in [2.05, 4.69) is 10.1 Å². The molecular weight excluding hydrogens is 420 g/mol. The summed E-state index contributed by atoms with van der Waals surface area (Å²) in [5.74, 6) is -0.571. The zero-order valence-corrected chi connectivity index (χ0v) is 18.6. The van der Waals surface area contributed by atoms with Gasteiger partial charge in [-0.15, -0.1) is 0 Å². The van der Waals surface area contributed by atoms with Crippen LogP contribution in [0.2, 0.25) is 0 Å². The number of benzene rings is 1. The van der Waals surface area contributed by atoms with Gasteiger partial charge < -0.3 is 15.0 Å². The maximum absolute atomic E-state index is 13.0. The smallest absolute Gasteiger partial charge is 0.387 e. The van der Waals surface area contributed by atoms with E-state index < -0.39 is 24.1 Å². The first-order valence-corrected chi connectivity index (χ1v) is 11.2. The molecule has 9 heteroatoms. The van der Waals surface area contributed by atoms with Crippen molar-refractivity contribution in [1.29, 1.82) is 0 Å². The third-order valence-corrected chi connectivity index (χ3v) is 6.38. The van der Waals surface area contributed by atoms with Crippen molar-refractivity contribution in [2.24, 2.45) is 0 Å². The molecular formula is C23H31F2N3O4. The SMILES string of the molecule is CCN(C(=O)CN1C(=O)NC(C)(CCc2ccc(OC(F)F)cc2)C1=O)C1CCCCC1. The van der Waals surface area contributed by atoms with Gasteiger partial charge >= 0.3 is 12.6 Å². The molecule has 3 rings (SSSR count). The molecule has 1 unspecified atom stereocenters. The van der Waals surface area contributed by atoms with E-state index >= 15 is 0 Å². The van der Waals surface area contributed by atoms with Gasteiger partial charge in [-0.1, -0.05) is 31.4 Å². The van der Waals surface area contributed by atoms with Crippen LogP contribution in [0.4, 0.5) is 13.6 Å². The lowest BCUT2D eigenvalue weighted by Crippen LogP contribution is -2.48. The lowest BCUT2D eigenvalue weighted by molar-refractivity contribution is -0.140. The first-order valence-electron chi connectivity index (χ1n) is 11.2. The van der Waals surface area contributed by atoms with E-state index in [1.54, 1.807) is 24.0 Å². The van der Waals surface area contributed by atoms with Gasteiger partial charge in [-0.05, 0) is 57.2 Å². The zero-order valence-electron chi connectivity index (χ0n) is 18.6. The molecule has 0 bridgehead atoms. The van der Waals surface area contributed by atoms with Crippen LogP contribution in [0, 0.1) is 0 Å². The van der Waals surface area contributed by atoms with E-state index in [0.29, 0.717) is 19.4 Å². The number of imide groups is 1. The van der Waals surface area contributed by atoms with Gasteiger partial charge in [-0.3, -0.25) is 14.5 Å². The molecule has 1 saturated carbocycles. The standard InChI is InChI=1S/C23H31F2N3O4/c1-3-27(17-7-5-4-6-8-17)19(29)15-28-20(30)23(2,26-22(28)31)14-13-16-9-11-18(12-10-16)32-21(24)25/h9-12,17,21H,3-8,13-15H2,1-2H3,(H,26,31). The van der Waals surface area contributed by atoms with E-state index in [4.69, 9.17) is 0 Å². The molecule has 1 N–H and O–H groups in total. The molecule has 32 heavy (non-hydrogen) atoms. The fourth-order valence-corrected chi connectivity index (χ4v) is 4.55. The summed E-state index contributed by atoms with van der Waals surface area (Å²) in [7, 11) is 0. The minimum Gasteiger partial charge on any atom is -0.435 e. The molecule has 1 aliphatic heterocycles. The average molecular weight is 452 g/mol. The summed E-state index contributed by atoms with van der Waals surface area (Å²) < 4.78 is 28.9. The van der Waals surface area contributed by atoms with Crippen molar-refractivity contribution in [2.75, 3.05) is 13.1 Å². The van der Waals surface area contributed by atoms with E-state index in [1.807, 2.05) is 6.92 Å². The topological polar surface area (TPSA) is 79.0 Å². The summed E-state index contributed by atoms with van der Waals surface area (Å²) in [5.41, 5.74) is -0.309. The van der Waals surface area contributed by atoms with Crippen LogP contribution in [0.3, 0.4) is 0 Å². The van der Waals surface area contributed by atoms with E-state index in [9.17, 15) is 23.2 Å². The van der Waals surface area contributed by atoms with Crippen molar-refractivity contribution >= 4 is 17.8 Å². The van der Waals surface area contributed by atoms with Gasteiger partial charge in [0.25, 0.3) is 5.91 Å². The molecule has 1 saturated heterocycles. The van der Waals surface area contributed by atoms with Crippen LogP contribution in [0.1, 0.15) is 57.9 Å². The highest BCUT2D eigenvalue weighted by atomic mass is 19.3. The summed E-state index contributed by atoms with van der Waals surface area (Å²) in [6.07, 6.45) is 6.03. The lowest BCUT2D eigenvalue weighted by atomic mass is 9.93. The van der Waals surface area contributed by atoms with Crippen LogP contribution in [0.5, 0.6) is 5.75 Å². The Balaban J connectivity index is 1.59. The van der Waals surface area contributed by atoms with Crippen molar-refractivity contribution in [3.63, 3.8) is 0 Å². The Labute approximate surface area is 187 Å². The Morgan fingerprint density at radius 2 is 1.88 bits per heavy atom. The summed E-state index contributed by atoms with van der Waals surface area (Å²) >= 11 is 0. The predicted octanol–water partition coefficient (Wildman–Crippen LogP) is 3.71. The Hall–Kier alpha value is -2.71. The largest absolute Gasteiger partial charge is 0.435 e. The molecule has 0 radical (unpaired) electrons. The van der Waals surface area contributed by atoms with Crippen LogP contribution in [-0.2, 0) is 16.0 Å². The molecule has 4 amide bonds. The van der Waals surface area contributed by atoms with Gasteiger partial charge in [-0.2, -0.15) is 8.78 Å². The Morgan fingerprint density at radius 1 is 1.22 bits per heavy atom. The van der Waals surface area contributed by atoms with Crippen molar-refractivity contribution in [2.45, 2.75) is 77.0 Å². The Bertz CT molecular complexity index is 827. The van der Waals surface area contributed by atoms with Gasteiger partial charge in [0.15, 0.2) is 0 Å². The van der Waals surface area contributed by atoms with Crippen molar-refractivity contribution in [3.05, 3.63) is 29.8 Å². The third kappa shape index (κ3) is 5.55. The average Bonchev–Trinajstić information content (AvgIpc) is 2.97. The van der Waals surface area contributed by atoms with E-state index in [1.165, 1.54) is 18.6 Å².